The lowest BCUT2D eigenvalue weighted by Gasteiger charge is -2.42. The van der Waals surface area contributed by atoms with Crippen molar-refractivity contribution in [2.75, 3.05) is 33.7 Å². The first-order chi connectivity index (χ1) is 7.14. The summed E-state index contributed by atoms with van der Waals surface area (Å²) in [6.45, 7) is 6.97. The van der Waals surface area contributed by atoms with E-state index in [9.17, 15) is 4.79 Å². The third-order valence-electron chi connectivity index (χ3n) is 3.33. The minimum Gasteiger partial charge on any atom is -0.336 e. The number of hydrogen-bond donors (Lipinski definition) is 1. The number of rotatable bonds is 0. The highest BCUT2D eigenvalue weighted by atomic mass is 16.2. The van der Waals surface area contributed by atoms with Crippen LogP contribution in [0.5, 0.6) is 0 Å². The van der Waals surface area contributed by atoms with E-state index in [1.165, 1.54) is 6.42 Å². The van der Waals surface area contributed by atoms with Crippen LogP contribution in [0.2, 0.25) is 0 Å². The van der Waals surface area contributed by atoms with Crippen LogP contribution in [0.4, 0.5) is 4.79 Å². The van der Waals surface area contributed by atoms with E-state index in [1.807, 2.05) is 25.8 Å². The van der Waals surface area contributed by atoms with Crippen LogP contribution in [-0.2, 0) is 0 Å². The molecule has 88 valence electrons. The normalized spacial score (nSPS) is 31.2. The minimum absolute atomic E-state index is 0.0735. The molecule has 0 bridgehead atoms. The number of urea groups is 1. The number of likely N-dealkylation sites (tertiary alicyclic amines) is 1. The molecule has 2 saturated heterocycles. The third-order valence-corrected chi connectivity index (χ3v) is 3.33. The molecule has 0 aromatic rings. The van der Waals surface area contributed by atoms with Crippen molar-refractivity contribution in [3.63, 3.8) is 0 Å². The third kappa shape index (κ3) is 2.25. The van der Waals surface area contributed by atoms with Crippen LogP contribution in [0, 0.1) is 0 Å². The maximum atomic E-state index is 11.4. The highest BCUT2D eigenvalue weighted by Crippen LogP contribution is 2.28. The van der Waals surface area contributed by atoms with Gasteiger partial charge in [-0.15, -0.1) is 0 Å². The first-order valence-electron chi connectivity index (χ1n) is 5.84. The fourth-order valence-corrected chi connectivity index (χ4v) is 2.45. The van der Waals surface area contributed by atoms with Crippen LogP contribution in [0.1, 0.15) is 26.7 Å². The van der Waals surface area contributed by atoms with E-state index in [2.05, 4.69) is 17.3 Å². The molecular formula is C11H23N3O. The molecule has 4 nitrogen and oxygen atoms in total. The molecular weight excluding hydrogens is 190 g/mol. The number of carbonyl (C=O) groups excluding carboxylic acids is 1. The van der Waals surface area contributed by atoms with E-state index in [0.717, 1.165) is 26.1 Å². The van der Waals surface area contributed by atoms with Crippen LogP contribution in [0.3, 0.4) is 0 Å². The molecule has 1 atom stereocenters. The van der Waals surface area contributed by atoms with Gasteiger partial charge in [0.15, 0.2) is 0 Å². The second kappa shape index (κ2) is 4.84. The first-order valence-corrected chi connectivity index (χ1v) is 5.84. The van der Waals surface area contributed by atoms with Crippen molar-refractivity contribution in [3.05, 3.63) is 0 Å². The molecule has 1 N–H and O–H groups in total. The summed E-state index contributed by atoms with van der Waals surface area (Å²) in [6, 6.07) is 0.0790. The van der Waals surface area contributed by atoms with Crippen molar-refractivity contribution in [2.24, 2.45) is 0 Å². The minimum atomic E-state index is 0.0735. The number of likely N-dealkylation sites (N-methyl/N-ethyl adjacent to an activating group) is 2. The van der Waals surface area contributed by atoms with Gasteiger partial charge in [-0.25, -0.2) is 4.79 Å². The molecule has 4 heteroatoms. The predicted molar refractivity (Wildman–Crippen MR) is 62.0 cm³/mol. The van der Waals surface area contributed by atoms with Crippen LogP contribution in [0.15, 0.2) is 0 Å². The SMILES string of the molecule is CC.CN1CCCC2(CNC(=O)N2C)C1. The van der Waals surface area contributed by atoms with Gasteiger partial charge in [-0.1, -0.05) is 13.8 Å². The van der Waals surface area contributed by atoms with Crippen molar-refractivity contribution >= 4 is 6.03 Å². The van der Waals surface area contributed by atoms with Gasteiger partial charge in [-0.3, -0.25) is 0 Å². The van der Waals surface area contributed by atoms with Gasteiger partial charge >= 0.3 is 6.03 Å². The topological polar surface area (TPSA) is 35.6 Å². The number of carbonyl (C=O) groups is 1. The zero-order valence-electron chi connectivity index (χ0n) is 10.3. The molecule has 1 unspecified atom stereocenters. The lowest BCUT2D eigenvalue weighted by molar-refractivity contribution is 0.0936. The van der Waals surface area contributed by atoms with Crippen LogP contribution in [0.25, 0.3) is 0 Å². The fourth-order valence-electron chi connectivity index (χ4n) is 2.45. The zero-order chi connectivity index (χ0) is 11.5. The van der Waals surface area contributed by atoms with Gasteiger partial charge in [0.25, 0.3) is 0 Å². The van der Waals surface area contributed by atoms with Crippen LogP contribution in [-0.4, -0.2) is 55.1 Å². The highest BCUT2D eigenvalue weighted by molar-refractivity contribution is 5.77. The van der Waals surface area contributed by atoms with Gasteiger partial charge < -0.3 is 15.1 Å². The van der Waals surface area contributed by atoms with Crippen LogP contribution >= 0.6 is 0 Å². The molecule has 0 aliphatic carbocycles. The molecule has 0 aromatic carbocycles. The molecule has 2 fully saturated rings. The summed E-state index contributed by atoms with van der Waals surface area (Å²) >= 11 is 0. The smallest absolute Gasteiger partial charge is 0.317 e. The fraction of sp³-hybridized carbons (Fsp3) is 0.909. The second-order valence-corrected chi connectivity index (χ2v) is 4.28. The summed E-state index contributed by atoms with van der Waals surface area (Å²) in [5.41, 5.74) is 0.0735. The van der Waals surface area contributed by atoms with Gasteiger partial charge in [0.2, 0.25) is 0 Å². The molecule has 2 rings (SSSR count). The van der Waals surface area contributed by atoms with Crippen molar-refractivity contribution < 1.29 is 4.79 Å². The van der Waals surface area contributed by atoms with Crippen molar-refractivity contribution in [3.8, 4) is 0 Å². The zero-order valence-corrected chi connectivity index (χ0v) is 10.3. The lowest BCUT2D eigenvalue weighted by atomic mass is 9.89. The molecule has 1 spiro atoms. The van der Waals surface area contributed by atoms with E-state index >= 15 is 0 Å². The van der Waals surface area contributed by atoms with E-state index in [-0.39, 0.29) is 11.6 Å². The molecule has 15 heavy (non-hydrogen) atoms. The standard InChI is InChI=1S/C9H17N3O.C2H6/c1-11-5-3-4-9(7-11)6-10-8(13)12(9)2;1-2/h3-7H2,1-2H3,(H,10,13);1-2H3. The molecule has 0 aromatic heterocycles. The predicted octanol–water partition coefficient (Wildman–Crippen LogP) is 1.13. The maximum Gasteiger partial charge on any atom is 0.317 e. The Morgan fingerprint density at radius 2 is 2.00 bits per heavy atom. The van der Waals surface area contributed by atoms with E-state index in [0.29, 0.717) is 0 Å². The van der Waals surface area contributed by atoms with Gasteiger partial charge in [-0.05, 0) is 26.4 Å². The molecule has 2 heterocycles. The Balaban J connectivity index is 0.000000531. The van der Waals surface area contributed by atoms with E-state index in [4.69, 9.17) is 0 Å². The summed E-state index contributed by atoms with van der Waals surface area (Å²) in [7, 11) is 4.03. The summed E-state index contributed by atoms with van der Waals surface area (Å²) in [5.74, 6) is 0. The number of amides is 2. The Labute approximate surface area is 92.6 Å². The Morgan fingerprint density at radius 3 is 2.47 bits per heavy atom. The summed E-state index contributed by atoms with van der Waals surface area (Å²) < 4.78 is 0. The average Bonchev–Trinajstić information content (AvgIpc) is 2.51. The average molecular weight is 213 g/mol. The number of piperidine rings is 1. The largest absolute Gasteiger partial charge is 0.336 e. The summed E-state index contributed by atoms with van der Waals surface area (Å²) in [5, 5.41) is 2.91. The Kier molecular flexibility index (Phi) is 3.97. The van der Waals surface area contributed by atoms with Gasteiger partial charge in [0.1, 0.15) is 0 Å². The van der Waals surface area contributed by atoms with E-state index < -0.39 is 0 Å². The highest BCUT2D eigenvalue weighted by Gasteiger charge is 2.44. The lowest BCUT2D eigenvalue weighted by Crippen LogP contribution is -2.55. The van der Waals surface area contributed by atoms with Gasteiger partial charge in [0.05, 0.1) is 5.54 Å². The number of nitrogens with one attached hydrogen (secondary N) is 1. The van der Waals surface area contributed by atoms with E-state index in [1.54, 1.807) is 0 Å². The monoisotopic (exact) mass is 213 g/mol. The Hall–Kier alpha value is -0.770. The molecule has 2 aliphatic rings. The molecule has 2 aliphatic heterocycles. The number of hydrogen-bond acceptors (Lipinski definition) is 2. The summed E-state index contributed by atoms with van der Waals surface area (Å²) in [4.78, 5) is 15.5. The van der Waals surface area contributed by atoms with Crippen molar-refractivity contribution in [1.82, 2.24) is 15.1 Å². The van der Waals surface area contributed by atoms with Gasteiger partial charge in [0, 0.05) is 20.1 Å². The summed E-state index contributed by atoms with van der Waals surface area (Å²) in [6.07, 6.45) is 2.32. The Bertz CT molecular complexity index is 232. The quantitative estimate of drug-likeness (QED) is 0.655. The number of nitrogens with zero attached hydrogens (tertiary/aromatic N) is 2. The van der Waals surface area contributed by atoms with Crippen molar-refractivity contribution in [1.29, 1.82) is 0 Å². The second-order valence-electron chi connectivity index (χ2n) is 4.28. The van der Waals surface area contributed by atoms with Crippen molar-refractivity contribution in [2.45, 2.75) is 32.2 Å². The molecule has 0 saturated carbocycles. The first kappa shape index (κ1) is 12.3. The molecule has 2 amide bonds. The molecule has 0 radical (unpaired) electrons. The van der Waals surface area contributed by atoms with Gasteiger partial charge in [-0.2, -0.15) is 0 Å². The maximum absolute atomic E-state index is 11.4. The Morgan fingerprint density at radius 1 is 1.33 bits per heavy atom. The van der Waals surface area contributed by atoms with Crippen LogP contribution < -0.4 is 5.32 Å².